The molecule has 4 heteroatoms. The Balaban J connectivity index is 1.53. The Labute approximate surface area is 109 Å². The van der Waals surface area contributed by atoms with Crippen LogP contribution in [0.15, 0.2) is 0 Å². The summed E-state index contributed by atoms with van der Waals surface area (Å²) < 4.78 is 0. The van der Waals surface area contributed by atoms with Crippen molar-refractivity contribution in [1.82, 2.24) is 9.80 Å². The Hall–Kier alpha value is -0.610. The standard InChI is InChI=1S/C14H25N3O/c15-10-11-2-1-3-13(11)14(18)17-8-6-16(7-9-17)12-4-5-12/h11-13H,1-10,15H2. The highest BCUT2D eigenvalue weighted by molar-refractivity contribution is 5.79. The first-order valence-corrected chi connectivity index (χ1v) is 7.52. The van der Waals surface area contributed by atoms with Gasteiger partial charge in [-0.1, -0.05) is 6.42 Å². The van der Waals surface area contributed by atoms with Gasteiger partial charge in [0.15, 0.2) is 0 Å². The highest BCUT2D eigenvalue weighted by atomic mass is 16.2. The van der Waals surface area contributed by atoms with Gasteiger partial charge in [0.1, 0.15) is 0 Å². The summed E-state index contributed by atoms with van der Waals surface area (Å²) in [5, 5.41) is 0. The molecule has 1 heterocycles. The quantitative estimate of drug-likeness (QED) is 0.802. The van der Waals surface area contributed by atoms with Crippen molar-refractivity contribution < 1.29 is 4.79 Å². The van der Waals surface area contributed by atoms with E-state index in [1.807, 2.05) is 0 Å². The molecule has 0 bridgehead atoms. The number of hydrogen-bond donors (Lipinski definition) is 1. The van der Waals surface area contributed by atoms with Gasteiger partial charge in [-0.3, -0.25) is 9.69 Å². The summed E-state index contributed by atoms with van der Waals surface area (Å²) in [5.74, 6) is 1.06. The fourth-order valence-corrected chi connectivity index (χ4v) is 3.63. The molecule has 2 N–H and O–H groups in total. The third-order valence-electron chi connectivity index (χ3n) is 4.97. The number of piperazine rings is 1. The van der Waals surface area contributed by atoms with Crippen molar-refractivity contribution in [2.45, 2.75) is 38.1 Å². The van der Waals surface area contributed by atoms with Crippen molar-refractivity contribution in [1.29, 1.82) is 0 Å². The van der Waals surface area contributed by atoms with Crippen molar-refractivity contribution in [3.63, 3.8) is 0 Å². The smallest absolute Gasteiger partial charge is 0.226 e. The monoisotopic (exact) mass is 251 g/mol. The van der Waals surface area contributed by atoms with E-state index in [4.69, 9.17) is 5.73 Å². The lowest BCUT2D eigenvalue weighted by molar-refractivity contribution is -0.138. The van der Waals surface area contributed by atoms with Crippen LogP contribution in [0.2, 0.25) is 0 Å². The number of nitrogens with zero attached hydrogens (tertiary/aromatic N) is 2. The second-order valence-corrected chi connectivity index (χ2v) is 6.13. The molecule has 0 spiro atoms. The minimum absolute atomic E-state index is 0.225. The molecule has 2 atom stereocenters. The Kier molecular flexibility index (Phi) is 3.57. The molecule has 1 aliphatic heterocycles. The van der Waals surface area contributed by atoms with Crippen LogP contribution in [0.3, 0.4) is 0 Å². The average molecular weight is 251 g/mol. The van der Waals surface area contributed by atoms with Gasteiger partial charge in [0.25, 0.3) is 0 Å². The van der Waals surface area contributed by atoms with Gasteiger partial charge in [-0.05, 0) is 38.1 Å². The molecule has 2 unspecified atom stereocenters. The first-order valence-electron chi connectivity index (χ1n) is 7.52. The van der Waals surface area contributed by atoms with Gasteiger partial charge in [0.05, 0.1) is 0 Å². The predicted octanol–water partition coefficient (Wildman–Crippen LogP) is 0.668. The fraction of sp³-hybridized carbons (Fsp3) is 0.929. The molecule has 0 aromatic heterocycles. The Morgan fingerprint density at radius 3 is 2.39 bits per heavy atom. The number of carbonyl (C=O) groups is 1. The molecule has 0 aromatic rings. The molecule has 2 saturated carbocycles. The fourth-order valence-electron chi connectivity index (χ4n) is 3.63. The maximum Gasteiger partial charge on any atom is 0.226 e. The van der Waals surface area contributed by atoms with Crippen LogP contribution in [0.4, 0.5) is 0 Å². The zero-order valence-corrected chi connectivity index (χ0v) is 11.2. The van der Waals surface area contributed by atoms with E-state index in [2.05, 4.69) is 9.80 Å². The van der Waals surface area contributed by atoms with Crippen LogP contribution in [-0.2, 0) is 4.79 Å². The number of rotatable bonds is 3. The topological polar surface area (TPSA) is 49.6 Å². The van der Waals surface area contributed by atoms with Crippen molar-refractivity contribution >= 4 is 5.91 Å². The van der Waals surface area contributed by atoms with E-state index in [0.29, 0.717) is 18.4 Å². The van der Waals surface area contributed by atoms with Gasteiger partial charge in [-0.25, -0.2) is 0 Å². The van der Waals surface area contributed by atoms with E-state index >= 15 is 0 Å². The van der Waals surface area contributed by atoms with Crippen LogP contribution < -0.4 is 5.73 Å². The molecule has 2 aliphatic carbocycles. The number of amides is 1. The summed E-state index contributed by atoms with van der Waals surface area (Å²) in [7, 11) is 0. The van der Waals surface area contributed by atoms with Gasteiger partial charge in [-0.2, -0.15) is 0 Å². The summed E-state index contributed by atoms with van der Waals surface area (Å²) in [6.45, 7) is 4.71. The summed E-state index contributed by atoms with van der Waals surface area (Å²) in [5.41, 5.74) is 5.78. The molecule has 1 amide bonds. The van der Waals surface area contributed by atoms with E-state index in [1.54, 1.807) is 0 Å². The summed E-state index contributed by atoms with van der Waals surface area (Å²) in [6.07, 6.45) is 6.12. The molecular formula is C14H25N3O. The van der Waals surface area contributed by atoms with Gasteiger partial charge in [0, 0.05) is 38.1 Å². The van der Waals surface area contributed by atoms with Gasteiger partial charge in [-0.15, -0.1) is 0 Å². The molecule has 3 aliphatic rings. The minimum Gasteiger partial charge on any atom is -0.340 e. The van der Waals surface area contributed by atoms with Gasteiger partial charge >= 0.3 is 0 Å². The van der Waals surface area contributed by atoms with E-state index in [9.17, 15) is 4.79 Å². The maximum absolute atomic E-state index is 12.5. The Morgan fingerprint density at radius 1 is 1.06 bits per heavy atom. The van der Waals surface area contributed by atoms with Gasteiger partial charge < -0.3 is 10.6 Å². The van der Waals surface area contributed by atoms with E-state index < -0.39 is 0 Å². The molecule has 1 saturated heterocycles. The molecular weight excluding hydrogens is 226 g/mol. The first kappa shape index (κ1) is 12.4. The highest BCUT2D eigenvalue weighted by Crippen LogP contribution is 2.33. The Morgan fingerprint density at radius 2 is 1.78 bits per heavy atom. The largest absolute Gasteiger partial charge is 0.340 e. The number of hydrogen-bond acceptors (Lipinski definition) is 3. The average Bonchev–Trinajstić information content (AvgIpc) is 3.16. The second kappa shape index (κ2) is 5.17. The third-order valence-corrected chi connectivity index (χ3v) is 4.97. The van der Waals surface area contributed by atoms with E-state index in [-0.39, 0.29) is 5.92 Å². The summed E-state index contributed by atoms with van der Waals surface area (Å²) in [6, 6.07) is 0.838. The van der Waals surface area contributed by atoms with E-state index in [0.717, 1.165) is 45.1 Å². The van der Waals surface area contributed by atoms with Crippen LogP contribution in [0.5, 0.6) is 0 Å². The van der Waals surface area contributed by atoms with Crippen LogP contribution in [0.1, 0.15) is 32.1 Å². The molecule has 0 radical (unpaired) electrons. The predicted molar refractivity (Wildman–Crippen MR) is 71.1 cm³/mol. The number of carbonyl (C=O) groups excluding carboxylic acids is 1. The zero-order valence-electron chi connectivity index (χ0n) is 11.2. The van der Waals surface area contributed by atoms with Crippen molar-refractivity contribution in [3.8, 4) is 0 Å². The molecule has 0 aromatic carbocycles. The maximum atomic E-state index is 12.5. The first-order chi connectivity index (χ1) is 8.79. The van der Waals surface area contributed by atoms with Crippen LogP contribution in [0.25, 0.3) is 0 Å². The highest BCUT2D eigenvalue weighted by Gasteiger charge is 2.37. The summed E-state index contributed by atoms with van der Waals surface area (Å²) >= 11 is 0. The molecule has 18 heavy (non-hydrogen) atoms. The normalized spacial score (nSPS) is 33.9. The zero-order chi connectivity index (χ0) is 12.5. The van der Waals surface area contributed by atoms with Crippen molar-refractivity contribution in [3.05, 3.63) is 0 Å². The van der Waals surface area contributed by atoms with Crippen LogP contribution in [0, 0.1) is 11.8 Å². The van der Waals surface area contributed by atoms with Gasteiger partial charge in [0.2, 0.25) is 5.91 Å². The summed E-state index contributed by atoms with van der Waals surface area (Å²) in [4.78, 5) is 17.2. The lowest BCUT2D eigenvalue weighted by Crippen LogP contribution is -2.51. The lowest BCUT2D eigenvalue weighted by atomic mass is 9.94. The minimum atomic E-state index is 0.225. The van der Waals surface area contributed by atoms with Crippen LogP contribution in [-0.4, -0.2) is 54.5 Å². The molecule has 102 valence electrons. The lowest BCUT2D eigenvalue weighted by Gasteiger charge is -2.36. The number of nitrogens with two attached hydrogens (primary N) is 1. The third kappa shape index (κ3) is 2.41. The molecule has 3 rings (SSSR count). The van der Waals surface area contributed by atoms with Crippen molar-refractivity contribution in [2.24, 2.45) is 17.6 Å². The van der Waals surface area contributed by atoms with E-state index in [1.165, 1.54) is 19.3 Å². The second-order valence-electron chi connectivity index (χ2n) is 6.13. The Bertz CT molecular complexity index is 308. The van der Waals surface area contributed by atoms with Crippen LogP contribution >= 0.6 is 0 Å². The SMILES string of the molecule is NCC1CCCC1C(=O)N1CCN(C2CC2)CC1. The molecule has 3 fully saturated rings. The molecule has 4 nitrogen and oxygen atoms in total. The van der Waals surface area contributed by atoms with Crippen molar-refractivity contribution in [2.75, 3.05) is 32.7 Å².